The van der Waals surface area contributed by atoms with Crippen molar-refractivity contribution in [1.82, 2.24) is 5.48 Å². The summed E-state index contributed by atoms with van der Waals surface area (Å²) in [6, 6.07) is 0. The molecule has 0 aromatic heterocycles. The Kier molecular flexibility index (Phi) is 7.66. The van der Waals surface area contributed by atoms with Crippen molar-refractivity contribution in [3.05, 3.63) is 0 Å². The molecule has 3 N–H and O–H groups in total. The largest absolute Gasteiger partial charge is 0.447 e. The number of nitrogens with two attached hydrogens (primary N) is 1. The van der Waals surface area contributed by atoms with E-state index in [1.807, 2.05) is 0 Å². The van der Waals surface area contributed by atoms with Crippen molar-refractivity contribution >= 4 is 6.09 Å². The van der Waals surface area contributed by atoms with Gasteiger partial charge in [0.25, 0.3) is 0 Å². The van der Waals surface area contributed by atoms with Crippen LogP contribution in [0.1, 0.15) is 0 Å². The molecule has 0 fully saturated rings. The highest BCUT2D eigenvalue weighted by Crippen LogP contribution is 1.78. The summed E-state index contributed by atoms with van der Waals surface area (Å²) in [4.78, 5) is 14.8. The van der Waals surface area contributed by atoms with Crippen LogP contribution in [0.2, 0.25) is 0 Å². The highest BCUT2D eigenvalue weighted by atomic mass is 16.7. The SMILES string of the molecule is CNOCCOCCOC(N)=O. The van der Waals surface area contributed by atoms with Gasteiger partial charge in [-0.1, -0.05) is 0 Å². The third-order valence-electron chi connectivity index (χ3n) is 0.946. The van der Waals surface area contributed by atoms with E-state index in [2.05, 4.69) is 10.2 Å². The Balaban J connectivity index is 2.86. The van der Waals surface area contributed by atoms with Crippen LogP contribution >= 0.6 is 0 Å². The molecule has 0 spiro atoms. The van der Waals surface area contributed by atoms with Gasteiger partial charge in [0.1, 0.15) is 6.61 Å². The van der Waals surface area contributed by atoms with Gasteiger partial charge in [0.05, 0.1) is 19.8 Å². The van der Waals surface area contributed by atoms with Crippen molar-refractivity contribution in [1.29, 1.82) is 0 Å². The van der Waals surface area contributed by atoms with Crippen molar-refractivity contribution in [3.63, 3.8) is 0 Å². The number of rotatable bonds is 7. The molecule has 0 rings (SSSR count). The molecule has 0 radical (unpaired) electrons. The molecule has 1 amide bonds. The molecule has 0 saturated heterocycles. The first-order valence-electron chi connectivity index (χ1n) is 3.56. The molecular formula is C6H14N2O4. The maximum atomic E-state index is 10.0. The van der Waals surface area contributed by atoms with Crippen LogP contribution in [0, 0.1) is 0 Å². The van der Waals surface area contributed by atoms with Gasteiger partial charge in [0.2, 0.25) is 0 Å². The fourth-order valence-corrected chi connectivity index (χ4v) is 0.506. The fraction of sp³-hybridized carbons (Fsp3) is 0.833. The number of carbonyl (C=O) groups excluding carboxylic acids is 1. The van der Waals surface area contributed by atoms with Gasteiger partial charge in [-0.05, 0) is 0 Å². The number of carbonyl (C=O) groups is 1. The zero-order valence-electron chi connectivity index (χ0n) is 7.04. The molecule has 0 saturated carbocycles. The molecule has 6 heteroatoms. The topological polar surface area (TPSA) is 82.8 Å². The summed E-state index contributed by atoms with van der Waals surface area (Å²) in [7, 11) is 1.66. The number of hydrogen-bond donors (Lipinski definition) is 2. The number of ether oxygens (including phenoxy) is 2. The fourth-order valence-electron chi connectivity index (χ4n) is 0.506. The standard InChI is InChI=1S/C6H14N2O4/c1-8-12-5-3-10-2-4-11-6(7)9/h8H,2-5H2,1H3,(H2,7,9). The number of hydrogen-bond acceptors (Lipinski definition) is 5. The Morgan fingerprint density at radius 3 is 2.58 bits per heavy atom. The van der Waals surface area contributed by atoms with Gasteiger partial charge < -0.3 is 15.2 Å². The molecule has 12 heavy (non-hydrogen) atoms. The number of amides is 1. The first kappa shape index (κ1) is 11.2. The first-order chi connectivity index (χ1) is 5.77. The summed E-state index contributed by atoms with van der Waals surface area (Å²) in [5, 5.41) is 0. The molecule has 0 aliphatic rings. The van der Waals surface area contributed by atoms with Crippen LogP contribution < -0.4 is 11.2 Å². The highest BCUT2D eigenvalue weighted by molar-refractivity contribution is 5.64. The summed E-state index contributed by atoms with van der Waals surface area (Å²) < 4.78 is 9.39. The molecule has 0 unspecified atom stereocenters. The number of hydroxylamine groups is 1. The van der Waals surface area contributed by atoms with Gasteiger partial charge in [0, 0.05) is 7.05 Å². The van der Waals surface area contributed by atoms with Crippen molar-refractivity contribution in [3.8, 4) is 0 Å². The van der Waals surface area contributed by atoms with Gasteiger partial charge >= 0.3 is 6.09 Å². The van der Waals surface area contributed by atoms with Crippen molar-refractivity contribution in [2.75, 3.05) is 33.5 Å². The van der Waals surface area contributed by atoms with E-state index in [1.54, 1.807) is 7.05 Å². The van der Waals surface area contributed by atoms with Crippen LogP contribution in [0.15, 0.2) is 0 Å². The molecule has 0 aliphatic carbocycles. The Morgan fingerprint density at radius 2 is 2.00 bits per heavy atom. The Morgan fingerprint density at radius 1 is 1.33 bits per heavy atom. The first-order valence-corrected chi connectivity index (χ1v) is 3.56. The number of nitrogens with one attached hydrogen (secondary N) is 1. The summed E-state index contributed by atoms with van der Waals surface area (Å²) in [5.74, 6) is 0. The lowest BCUT2D eigenvalue weighted by atomic mass is 10.7. The quantitative estimate of drug-likeness (QED) is 0.396. The lowest BCUT2D eigenvalue weighted by Gasteiger charge is -2.03. The number of primary amides is 1. The summed E-state index contributed by atoms with van der Waals surface area (Å²) in [5.41, 5.74) is 7.19. The maximum Gasteiger partial charge on any atom is 0.404 e. The molecule has 6 nitrogen and oxygen atoms in total. The smallest absolute Gasteiger partial charge is 0.404 e. The molecular weight excluding hydrogens is 164 g/mol. The molecule has 0 aromatic rings. The third kappa shape index (κ3) is 9.15. The average molecular weight is 178 g/mol. The molecule has 0 bridgehead atoms. The lowest BCUT2D eigenvalue weighted by Crippen LogP contribution is -2.18. The van der Waals surface area contributed by atoms with Crippen LogP contribution in [-0.2, 0) is 14.3 Å². The molecule has 0 aliphatic heterocycles. The summed E-state index contributed by atoms with van der Waals surface area (Å²) in [6.45, 7) is 1.40. The minimum absolute atomic E-state index is 0.175. The van der Waals surface area contributed by atoms with Crippen LogP contribution in [0.25, 0.3) is 0 Å². The van der Waals surface area contributed by atoms with E-state index in [0.29, 0.717) is 19.8 Å². The zero-order chi connectivity index (χ0) is 9.23. The van der Waals surface area contributed by atoms with Crippen molar-refractivity contribution in [2.24, 2.45) is 5.73 Å². The second-order valence-electron chi connectivity index (χ2n) is 1.83. The minimum Gasteiger partial charge on any atom is -0.447 e. The Hall–Kier alpha value is -0.850. The van der Waals surface area contributed by atoms with E-state index in [0.717, 1.165) is 0 Å². The van der Waals surface area contributed by atoms with Crippen molar-refractivity contribution in [2.45, 2.75) is 0 Å². The van der Waals surface area contributed by atoms with Crippen LogP contribution in [-0.4, -0.2) is 39.6 Å². The van der Waals surface area contributed by atoms with Crippen LogP contribution in [0.3, 0.4) is 0 Å². The zero-order valence-corrected chi connectivity index (χ0v) is 7.04. The van der Waals surface area contributed by atoms with Gasteiger partial charge in [-0.2, -0.15) is 0 Å². The second kappa shape index (κ2) is 8.25. The molecule has 0 atom stereocenters. The monoisotopic (exact) mass is 178 g/mol. The maximum absolute atomic E-state index is 10.0. The highest BCUT2D eigenvalue weighted by Gasteiger charge is 1.92. The van der Waals surface area contributed by atoms with E-state index in [1.165, 1.54) is 0 Å². The van der Waals surface area contributed by atoms with Gasteiger partial charge in [-0.15, -0.1) is 0 Å². The predicted molar refractivity (Wildman–Crippen MR) is 41.4 cm³/mol. The molecule has 72 valence electrons. The predicted octanol–water partition coefficient (Wildman–Crippen LogP) is -0.751. The van der Waals surface area contributed by atoms with E-state index >= 15 is 0 Å². The average Bonchev–Trinajstić information content (AvgIpc) is 2.02. The van der Waals surface area contributed by atoms with Crippen molar-refractivity contribution < 1.29 is 19.1 Å². The lowest BCUT2D eigenvalue weighted by molar-refractivity contribution is -0.00321. The molecule has 0 aromatic carbocycles. The van der Waals surface area contributed by atoms with Gasteiger partial charge in [0.15, 0.2) is 0 Å². The van der Waals surface area contributed by atoms with E-state index in [9.17, 15) is 4.79 Å². The van der Waals surface area contributed by atoms with Crippen LogP contribution in [0.5, 0.6) is 0 Å². The van der Waals surface area contributed by atoms with Gasteiger partial charge in [-0.25, -0.2) is 10.3 Å². The minimum atomic E-state index is -0.787. The van der Waals surface area contributed by atoms with E-state index in [-0.39, 0.29) is 6.61 Å². The molecule has 0 heterocycles. The van der Waals surface area contributed by atoms with E-state index in [4.69, 9.17) is 15.3 Å². The van der Waals surface area contributed by atoms with E-state index < -0.39 is 6.09 Å². The Labute approximate surface area is 70.9 Å². The third-order valence-corrected chi connectivity index (χ3v) is 0.946. The summed E-state index contributed by atoms with van der Waals surface area (Å²) >= 11 is 0. The second-order valence-corrected chi connectivity index (χ2v) is 1.83. The van der Waals surface area contributed by atoms with Crippen LogP contribution in [0.4, 0.5) is 4.79 Å². The normalized spacial score (nSPS) is 9.75. The van der Waals surface area contributed by atoms with Gasteiger partial charge in [-0.3, -0.25) is 4.84 Å². The Bertz CT molecular complexity index is 120. The summed E-state index contributed by atoms with van der Waals surface area (Å²) in [6.07, 6.45) is -0.787.